The predicted octanol–water partition coefficient (Wildman–Crippen LogP) is 1.26. The summed E-state index contributed by atoms with van der Waals surface area (Å²) < 4.78 is 0. The highest BCUT2D eigenvalue weighted by Gasteiger charge is 2.28. The lowest BCUT2D eigenvalue weighted by Crippen LogP contribution is -2.48. The molecule has 3 amide bonds. The Labute approximate surface area is 135 Å². The van der Waals surface area contributed by atoms with E-state index in [0.29, 0.717) is 19.6 Å². The SMILES string of the molecule is CN(C)C(CNC(=O)C1CCCN(C(N)=O)C1)c1ccsc1. The van der Waals surface area contributed by atoms with Crippen LogP contribution in [0.5, 0.6) is 0 Å². The van der Waals surface area contributed by atoms with E-state index >= 15 is 0 Å². The van der Waals surface area contributed by atoms with Crippen molar-refractivity contribution in [2.24, 2.45) is 11.7 Å². The van der Waals surface area contributed by atoms with Crippen LogP contribution in [-0.2, 0) is 4.79 Å². The molecule has 1 saturated heterocycles. The first-order valence-corrected chi connectivity index (χ1v) is 8.44. The Balaban J connectivity index is 1.89. The van der Waals surface area contributed by atoms with E-state index in [9.17, 15) is 9.59 Å². The van der Waals surface area contributed by atoms with Gasteiger partial charge in [0.2, 0.25) is 5.91 Å². The van der Waals surface area contributed by atoms with Crippen LogP contribution < -0.4 is 11.1 Å². The normalized spacial score (nSPS) is 20.0. The summed E-state index contributed by atoms with van der Waals surface area (Å²) in [5.74, 6) is -0.153. The lowest BCUT2D eigenvalue weighted by molar-refractivity contribution is -0.126. The number of thiophene rings is 1. The number of hydrogen-bond acceptors (Lipinski definition) is 4. The van der Waals surface area contributed by atoms with Gasteiger partial charge in [-0.1, -0.05) is 0 Å². The minimum absolute atomic E-state index is 0.00743. The summed E-state index contributed by atoms with van der Waals surface area (Å²) in [5.41, 5.74) is 6.51. The highest BCUT2D eigenvalue weighted by atomic mass is 32.1. The highest BCUT2D eigenvalue weighted by Crippen LogP contribution is 2.21. The van der Waals surface area contributed by atoms with Gasteiger partial charge in [-0.25, -0.2) is 4.79 Å². The van der Waals surface area contributed by atoms with Crippen LogP contribution >= 0.6 is 11.3 Å². The maximum atomic E-state index is 12.4. The molecule has 7 heteroatoms. The van der Waals surface area contributed by atoms with Crippen LogP contribution in [0.2, 0.25) is 0 Å². The number of nitrogens with one attached hydrogen (secondary N) is 1. The Kier molecular flexibility index (Phi) is 5.79. The quantitative estimate of drug-likeness (QED) is 0.856. The van der Waals surface area contributed by atoms with Gasteiger partial charge >= 0.3 is 6.03 Å². The number of carbonyl (C=O) groups is 2. The number of primary amides is 1. The van der Waals surface area contributed by atoms with Gasteiger partial charge in [0.1, 0.15) is 0 Å². The molecule has 6 nitrogen and oxygen atoms in total. The van der Waals surface area contributed by atoms with Crippen molar-refractivity contribution in [3.05, 3.63) is 22.4 Å². The van der Waals surface area contributed by atoms with E-state index in [1.54, 1.807) is 16.2 Å². The third-order valence-electron chi connectivity index (χ3n) is 4.12. The summed E-state index contributed by atoms with van der Waals surface area (Å²) in [5, 5.41) is 7.17. The highest BCUT2D eigenvalue weighted by molar-refractivity contribution is 7.07. The topological polar surface area (TPSA) is 78.7 Å². The van der Waals surface area contributed by atoms with Gasteiger partial charge < -0.3 is 20.9 Å². The van der Waals surface area contributed by atoms with Crippen LogP contribution in [0.15, 0.2) is 16.8 Å². The summed E-state index contributed by atoms with van der Waals surface area (Å²) in [7, 11) is 4.01. The van der Waals surface area contributed by atoms with E-state index in [4.69, 9.17) is 5.73 Å². The second-order valence-corrected chi connectivity index (χ2v) is 6.68. The molecule has 1 aromatic rings. The van der Waals surface area contributed by atoms with Crippen LogP contribution in [0.1, 0.15) is 24.4 Å². The van der Waals surface area contributed by atoms with Crippen molar-refractivity contribution in [2.75, 3.05) is 33.7 Å². The van der Waals surface area contributed by atoms with E-state index < -0.39 is 6.03 Å². The van der Waals surface area contributed by atoms with Crippen LogP contribution in [0.3, 0.4) is 0 Å². The van der Waals surface area contributed by atoms with Gasteiger partial charge in [0, 0.05) is 19.6 Å². The summed E-state index contributed by atoms with van der Waals surface area (Å²) in [6.07, 6.45) is 1.63. The maximum Gasteiger partial charge on any atom is 0.314 e. The number of hydrogen-bond donors (Lipinski definition) is 2. The minimum atomic E-state index is -0.443. The first kappa shape index (κ1) is 16.8. The van der Waals surface area contributed by atoms with Crippen LogP contribution in [-0.4, -0.2) is 55.5 Å². The molecule has 2 unspecified atom stereocenters. The van der Waals surface area contributed by atoms with E-state index in [2.05, 4.69) is 21.7 Å². The van der Waals surface area contributed by atoms with Gasteiger partial charge in [-0.15, -0.1) is 0 Å². The number of nitrogens with zero attached hydrogens (tertiary/aromatic N) is 2. The molecule has 1 fully saturated rings. The largest absolute Gasteiger partial charge is 0.354 e. The van der Waals surface area contributed by atoms with Gasteiger partial charge in [0.15, 0.2) is 0 Å². The molecule has 122 valence electrons. The zero-order valence-electron chi connectivity index (χ0n) is 13.1. The molecule has 0 saturated carbocycles. The van der Waals surface area contributed by atoms with Gasteiger partial charge in [-0.05, 0) is 49.3 Å². The summed E-state index contributed by atoms with van der Waals surface area (Å²) in [4.78, 5) is 27.2. The first-order chi connectivity index (χ1) is 10.5. The second kappa shape index (κ2) is 7.60. The monoisotopic (exact) mass is 324 g/mol. The number of likely N-dealkylation sites (N-methyl/N-ethyl adjacent to an activating group) is 1. The van der Waals surface area contributed by atoms with Crippen molar-refractivity contribution < 1.29 is 9.59 Å². The fourth-order valence-electron chi connectivity index (χ4n) is 2.80. The molecular weight excluding hydrogens is 300 g/mol. The number of nitrogens with two attached hydrogens (primary N) is 1. The predicted molar refractivity (Wildman–Crippen MR) is 87.6 cm³/mol. The van der Waals surface area contributed by atoms with E-state index in [-0.39, 0.29) is 17.9 Å². The molecule has 1 aliphatic rings. The smallest absolute Gasteiger partial charge is 0.314 e. The van der Waals surface area contributed by atoms with Crippen LogP contribution in [0.25, 0.3) is 0 Å². The Hall–Kier alpha value is -1.60. The number of likely N-dealkylation sites (tertiary alicyclic amines) is 1. The molecule has 1 aromatic heterocycles. The summed E-state index contributed by atoms with van der Waals surface area (Å²) >= 11 is 1.65. The van der Waals surface area contributed by atoms with E-state index in [1.807, 2.05) is 19.5 Å². The van der Waals surface area contributed by atoms with Gasteiger partial charge in [-0.3, -0.25) is 4.79 Å². The number of urea groups is 1. The van der Waals surface area contributed by atoms with Crippen LogP contribution in [0, 0.1) is 5.92 Å². The molecule has 0 radical (unpaired) electrons. The standard InChI is InChI=1S/C15H24N4O2S/c1-18(2)13(12-5-7-22-10-12)8-17-14(20)11-4-3-6-19(9-11)15(16)21/h5,7,10-11,13H,3-4,6,8-9H2,1-2H3,(H2,16,21)(H,17,20). The van der Waals surface area contributed by atoms with E-state index in [1.165, 1.54) is 5.56 Å². The van der Waals surface area contributed by atoms with Crippen molar-refractivity contribution in [2.45, 2.75) is 18.9 Å². The molecule has 0 spiro atoms. The summed E-state index contributed by atoms with van der Waals surface area (Å²) in [6.45, 7) is 1.64. The lowest BCUT2D eigenvalue weighted by atomic mass is 9.97. The molecule has 1 aliphatic heterocycles. The van der Waals surface area contributed by atoms with Crippen molar-refractivity contribution in [1.82, 2.24) is 15.1 Å². The van der Waals surface area contributed by atoms with Gasteiger partial charge in [0.25, 0.3) is 0 Å². The minimum Gasteiger partial charge on any atom is -0.354 e. The van der Waals surface area contributed by atoms with Crippen molar-refractivity contribution in [3.63, 3.8) is 0 Å². The zero-order valence-corrected chi connectivity index (χ0v) is 13.9. The Morgan fingerprint density at radius 1 is 1.55 bits per heavy atom. The lowest BCUT2D eigenvalue weighted by Gasteiger charge is -2.31. The van der Waals surface area contributed by atoms with Crippen molar-refractivity contribution in [1.29, 1.82) is 0 Å². The molecule has 3 N–H and O–H groups in total. The number of amides is 3. The van der Waals surface area contributed by atoms with Gasteiger partial charge in [0.05, 0.1) is 12.0 Å². The number of rotatable bonds is 5. The third-order valence-corrected chi connectivity index (χ3v) is 4.83. The van der Waals surface area contributed by atoms with Gasteiger partial charge in [-0.2, -0.15) is 11.3 Å². The average molecular weight is 324 g/mol. The number of piperidine rings is 1. The Morgan fingerprint density at radius 3 is 2.91 bits per heavy atom. The molecular formula is C15H24N4O2S. The van der Waals surface area contributed by atoms with Crippen LogP contribution in [0.4, 0.5) is 4.79 Å². The maximum absolute atomic E-state index is 12.4. The molecule has 22 heavy (non-hydrogen) atoms. The summed E-state index contributed by atoms with van der Waals surface area (Å²) in [6, 6.07) is 1.80. The first-order valence-electron chi connectivity index (χ1n) is 7.49. The Morgan fingerprint density at radius 2 is 2.32 bits per heavy atom. The van der Waals surface area contributed by atoms with E-state index in [0.717, 1.165) is 12.8 Å². The zero-order chi connectivity index (χ0) is 16.1. The Bertz CT molecular complexity index is 504. The van der Waals surface area contributed by atoms with Crippen molar-refractivity contribution >= 4 is 23.3 Å². The molecule has 0 aliphatic carbocycles. The molecule has 2 rings (SSSR count). The third kappa shape index (κ3) is 4.20. The number of carbonyl (C=O) groups excluding carboxylic acids is 2. The molecule has 0 bridgehead atoms. The molecule has 2 heterocycles. The average Bonchev–Trinajstić information content (AvgIpc) is 3.01. The van der Waals surface area contributed by atoms with Crippen molar-refractivity contribution in [3.8, 4) is 0 Å². The fourth-order valence-corrected chi connectivity index (χ4v) is 3.50. The molecule has 2 atom stereocenters. The second-order valence-electron chi connectivity index (χ2n) is 5.90. The fraction of sp³-hybridized carbons (Fsp3) is 0.600. The molecule has 0 aromatic carbocycles.